The van der Waals surface area contributed by atoms with Gasteiger partial charge in [0.25, 0.3) is 5.91 Å². The maximum Gasteiger partial charge on any atom is 0.416 e. The summed E-state index contributed by atoms with van der Waals surface area (Å²) in [4.78, 5) is 22.2. The molecule has 1 aliphatic rings. The summed E-state index contributed by atoms with van der Waals surface area (Å²) in [5.41, 5.74) is 6.98. The number of aromatic nitrogens is 2. The van der Waals surface area contributed by atoms with Crippen LogP contribution in [0, 0.1) is 0 Å². The van der Waals surface area contributed by atoms with Crippen LogP contribution in [0.15, 0.2) is 48.5 Å². The number of benzene rings is 2. The van der Waals surface area contributed by atoms with Gasteiger partial charge in [-0.25, -0.2) is 4.98 Å². The third-order valence-corrected chi connectivity index (χ3v) is 6.06. The summed E-state index contributed by atoms with van der Waals surface area (Å²) in [7, 11) is 0. The van der Waals surface area contributed by atoms with E-state index >= 15 is 0 Å². The molecule has 0 atom stereocenters. The van der Waals surface area contributed by atoms with Gasteiger partial charge in [0, 0.05) is 36.7 Å². The molecule has 0 aliphatic carbocycles. The fourth-order valence-electron chi connectivity index (χ4n) is 4.24. The van der Waals surface area contributed by atoms with Crippen molar-refractivity contribution in [3.63, 3.8) is 0 Å². The standard InChI is InChI=1S/C25H23F3N4O3/c26-25(27,28)16-3-1-2-15(12-16)20-14-19(24(29)33)23-22(30-20)18-5-4-17(13-21(18)31-23)35-11-8-32-6-9-34-10-7-32/h1-5,12-14,31H,6-11H2,(H2,29,33). The first kappa shape index (κ1) is 23.1. The average Bonchev–Trinajstić information content (AvgIpc) is 3.21. The molecule has 0 saturated carbocycles. The molecular formula is C25H23F3N4O3. The Kier molecular flexibility index (Phi) is 6.08. The van der Waals surface area contributed by atoms with E-state index in [1.807, 2.05) is 12.1 Å². The number of hydrogen-bond donors (Lipinski definition) is 2. The van der Waals surface area contributed by atoms with E-state index in [0.29, 0.717) is 34.3 Å². The van der Waals surface area contributed by atoms with Crippen LogP contribution in [0.1, 0.15) is 15.9 Å². The topological polar surface area (TPSA) is 93.5 Å². The summed E-state index contributed by atoms with van der Waals surface area (Å²) < 4.78 is 50.9. The van der Waals surface area contributed by atoms with Gasteiger partial charge < -0.3 is 20.2 Å². The van der Waals surface area contributed by atoms with Crippen LogP contribution in [0.2, 0.25) is 0 Å². The highest BCUT2D eigenvalue weighted by atomic mass is 19.4. The van der Waals surface area contributed by atoms with Crippen molar-refractivity contribution in [1.82, 2.24) is 14.9 Å². The average molecular weight is 484 g/mol. The summed E-state index contributed by atoms with van der Waals surface area (Å²) in [5, 5.41) is 0.705. The van der Waals surface area contributed by atoms with Crippen LogP contribution in [0.5, 0.6) is 5.75 Å². The maximum absolute atomic E-state index is 13.2. The summed E-state index contributed by atoms with van der Waals surface area (Å²) in [5.74, 6) is -0.0600. The normalized spacial score (nSPS) is 15.1. The number of halogens is 3. The number of pyridine rings is 1. The number of H-pyrrole nitrogens is 1. The molecule has 3 heterocycles. The largest absolute Gasteiger partial charge is 0.492 e. The lowest BCUT2D eigenvalue weighted by molar-refractivity contribution is -0.137. The number of amides is 1. The molecule has 1 amide bonds. The Morgan fingerprint density at radius 3 is 2.69 bits per heavy atom. The second kappa shape index (κ2) is 9.20. The van der Waals surface area contributed by atoms with Crippen LogP contribution < -0.4 is 10.5 Å². The van der Waals surface area contributed by atoms with E-state index in [4.69, 9.17) is 15.2 Å². The number of ether oxygens (including phenoxy) is 2. The number of aromatic amines is 1. The second-order valence-corrected chi connectivity index (χ2v) is 8.36. The number of nitrogens with zero attached hydrogens (tertiary/aromatic N) is 2. The van der Waals surface area contributed by atoms with E-state index in [1.54, 1.807) is 6.07 Å². The Hall–Kier alpha value is -3.63. The Morgan fingerprint density at radius 2 is 1.94 bits per heavy atom. The van der Waals surface area contributed by atoms with E-state index in [-0.39, 0.29) is 16.8 Å². The highest BCUT2D eigenvalue weighted by Crippen LogP contribution is 2.34. The molecule has 4 aromatic rings. The lowest BCUT2D eigenvalue weighted by Crippen LogP contribution is -2.38. The number of nitrogens with one attached hydrogen (secondary N) is 1. The number of rotatable bonds is 6. The number of primary amides is 1. The van der Waals surface area contributed by atoms with E-state index in [2.05, 4.69) is 14.9 Å². The molecule has 2 aromatic carbocycles. The van der Waals surface area contributed by atoms with E-state index in [0.717, 1.165) is 45.0 Å². The van der Waals surface area contributed by atoms with Gasteiger partial charge in [-0.15, -0.1) is 0 Å². The minimum absolute atomic E-state index is 0.147. The van der Waals surface area contributed by atoms with Crippen LogP contribution >= 0.6 is 0 Å². The van der Waals surface area contributed by atoms with Crippen LogP contribution in [-0.4, -0.2) is 60.2 Å². The Balaban J connectivity index is 1.49. The smallest absolute Gasteiger partial charge is 0.416 e. The lowest BCUT2D eigenvalue weighted by atomic mass is 10.0. The van der Waals surface area contributed by atoms with Gasteiger partial charge in [0.05, 0.1) is 46.6 Å². The third-order valence-electron chi connectivity index (χ3n) is 6.06. The van der Waals surface area contributed by atoms with Crippen LogP contribution in [-0.2, 0) is 10.9 Å². The van der Waals surface area contributed by atoms with Gasteiger partial charge in [-0.2, -0.15) is 13.2 Å². The maximum atomic E-state index is 13.2. The molecule has 1 saturated heterocycles. The van der Waals surface area contributed by atoms with Crippen molar-refractivity contribution in [1.29, 1.82) is 0 Å². The predicted molar refractivity (Wildman–Crippen MR) is 125 cm³/mol. The van der Waals surface area contributed by atoms with E-state index in [9.17, 15) is 18.0 Å². The minimum Gasteiger partial charge on any atom is -0.492 e. The third kappa shape index (κ3) is 4.80. The molecule has 35 heavy (non-hydrogen) atoms. The van der Waals surface area contributed by atoms with Gasteiger partial charge in [-0.1, -0.05) is 12.1 Å². The molecule has 1 aliphatic heterocycles. The molecule has 5 rings (SSSR count). The van der Waals surface area contributed by atoms with Crippen molar-refractivity contribution in [3.05, 3.63) is 59.7 Å². The van der Waals surface area contributed by atoms with Crippen LogP contribution in [0.4, 0.5) is 13.2 Å². The number of nitrogens with two attached hydrogens (primary N) is 1. The van der Waals surface area contributed by atoms with Crippen molar-refractivity contribution in [2.45, 2.75) is 6.18 Å². The van der Waals surface area contributed by atoms with Gasteiger partial charge in [-0.3, -0.25) is 9.69 Å². The zero-order chi connectivity index (χ0) is 24.6. The summed E-state index contributed by atoms with van der Waals surface area (Å²) >= 11 is 0. The van der Waals surface area contributed by atoms with Gasteiger partial charge in [0.1, 0.15) is 12.4 Å². The Morgan fingerprint density at radius 1 is 1.14 bits per heavy atom. The predicted octanol–water partition coefficient (Wildman–Crippen LogP) is 4.21. The van der Waals surface area contributed by atoms with Gasteiger partial charge in [-0.05, 0) is 30.3 Å². The second-order valence-electron chi connectivity index (χ2n) is 8.36. The van der Waals surface area contributed by atoms with Crippen molar-refractivity contribution in [2.24, 2.45) is 5.73 Å². The van der Waals surface area contributed by atoms with Crippen molar-refractivity contribution < 1.29 is 27.4 Å². The van der Waals surface area contributed by atoms with E-state index in [1.165, 1.54) is 18.2 Å². The molecule has 0 radical (unpaired) electrons. The first-order chi connectivity index (χ1) is 16.8. The highest BCUT2D eigenvalue weighted by Gasteiger charge is 2.30. The van der Waals surface area contributed by atoms with Crippen molar-refractivity contribution in [3.8, 4) is 17.0 Å². The number of morpholine rings is 1. The Bertz CT molecular complexity index is 1390. The van der Waals surface area contributed by atoms with E-state index < -0.39 is 17.6 Å². The summed E-state index contributed by atoms with van der Waals surface area (Å²) in [6, 6.07) is 11.7. The number of carbonyl (C=O) groups excluding carboxylic acids is 1. The van der Waals surface area contributed by atoms with Gasteiger partial charge in [0.15, 0.2) is 0 Å². The highest BCUT2D eigenvalue weighted by molar-refractivity contribution is 6.14. The van der Waals surface area contributed by atoms with Gasteiger partial charge >= 0.3 is 6.18 Å². The molecule has 0 unspecified atom stereocenters. The molecule has 10 heteroatoms. The molecular weight excluding hydrogens is 461 g/mol. The molecule has 0 spiro atoms. The molecule has 7 nitrogen and oxygen atoms in total. The first-order valence-electron chi connectivity index (χ1n) is 11.2. The number of hydrogen-bond acceptors (Lipinski definition) is 5. The molecule has 3 N–H and O–H groups in total. The lowest BCUT2D eigenvalue weighted by Gasteiger charge is -2.26. The van der Waals surface area contributed by atoms with Crippen molar-refractivity contribution in [2.75, 3.05) is 39.5 Å². The quantitative estimate of drug-likeness (QED) is 0.428. The zero-order valence-corrected chi connectivity index (χ0v) is 18.7. The van der Waals surface area contributed by atoms with Crippen LogP contribution in [0.3, 0.4) is 0 Å². The fourth-order valence-corrected chi connectivity index (χ4v) is 4.24. The van der Waals surface area contributed by atoms with Crippen LogP contribution in [0.25, 0.3) is 33.2 Å². The molecule has 1 fully saturated rings. The zero-order valence-electron chi connectivity index (χ0n) is 18.7. The number of carbonyl (C=O) groups is 1. The molecule has 0 bridgehead atoms. The van der Waals surface area contributed by atoms with Gasteiger partial charge in [0.2, 0.25) is 0 Å². The SMILES string of the molecule is NC(=O)c1cc(-c2cccc(C(F)(F)F)c2)nc2c1[nH]c1cc(OCCN3CCOCC3)ccc12. The molecule has 2 aromatic heterocycles. The van der Waals surface area contributed by atoms with Crippen molar-refractivity contribution >= 4 is 27.8 Å². The Labute approximate surface area is 198 Å². The fraction of sp³-hybridized carbons (Fsp3) is 0.280. The number of alkyl halides is 3. The minimum atomic E-state index is -4.49. The molecule has 182 valence electrons. The monoisotopic (exact) mass is 484 g/mol. The summed E-state index contributed by atoms with van der Waals surface area (Å²) in [6.07, 6.45) is -4.49. The summed E-state index contributed by atoms with van der Waals surface area (Å²) in [6.45, 7) is 4.48. The first-order valence-corrected chi connectivity index (χ1v) is 11.2. The number of fused-ring (bicyclic) bond motifs is 3.